The van der Waals surface area contributed by atoms with E-state index in [0.29, 0.717) is 42.1 Å². The Labute approximate surface area is 181 Å². The van der Waals surface area contributed by atoms with Crippen molar-refractivity contribution in [3.05, 3.63) is 58.3 Å². The van der Waals surface area contributed by atoms with Crippen molar-refractivity contribution >= 4 is 11.0 Å². The first kappa shape index (κ1) is 22.3. The summed E-state index contributed by atoms with van der Waals surface area (Å²) >= 11 is 0. The molecule has 0 aliphatic carbocycles. The van der Waals surface area contributed by atoms with Crippen molar-refractivity contribution in [2.24, 2.45) is 0 Å². The van der Waals surface area contributed by atoms with Crippen molar-refractivity contribution in [1.82, 2.24) is 0 Å². The highest BCUT2D eigenvalue weighted by molar-refractivity contribution is 5.91. The number of allylic oxidation sites excluding steroid dienone is 1. The highest BCUT2D eigenvalue weighted by atomic mass is 16.5. The molecule has 0 saturated heterocycles. The molecule has 0 unspecified atom stereocenters. The number of aryl methyl sites for hydroxylation is 1. The van der Waals surface area contributed by atoms with Crippen molar-refractivity contribution in [3.63, 3.8) is 0 Å². The molecule has 0 radical (unpaired) electrons. The Kier molecular flexibility index (Phi) is 6.90. The Balaban J connectivity index is 2.35. The van der Waals surface area contributed by atoms with E-state index in [4.69, 9.17) is 18.6 Å². The second kappa shape index (κ2) is 9.60. The molecule has 2 aromatic carbocycles. The van der Waals surface area contributed by atoms with Gasteiger partial charge in [-0.1, -0.05) is 5.57 Å². The van der Waals surface area contributed by atoms with Crippen LogP contribution in [0.4, 0.5) is 0 Å². The predicted octanol–water partition coefficient (Wildman–Crippen LogP) is 5.48. The van der Waals surface area contributed by atoms with Crippen LogP contribution in [0.15, 0.2) is 51.7 Å². The van der Waals surface area contributed by atoms with Gasteiger partial charge in [0.15, 0.2) is 17.3 Å². The molecule has 0 aliphatic heterocycles. The number of phenolic OH excluding ortho intramolecular Hbond substituents is 1. The van der Waals surface area contributed by atoms with Crippen LogP contribution in [0.3, 0.4) is 0 Å². The summed E-state index contributed by atoms with van der Waals surface area (Å²) in [6.45, 7) is 10.1. The number of fused-ring (bicyclic) bond motifs is 1. The lowest BCUT2D eigenvalue weighted by molar-refractivity contribution is 0.317. The Bertz CT molecular complexity index is 1140. The lowest BCUT2D eigenvalue weighted by Gasteiger charge is -2.16. The molecule has 0 amide bonds. The summed E-state index contributed by atoms with van der Waals surface area (Å²) in [5.74, 6) is 1.05. The van der Waals surface area contributed by atoms with Gasteiger partial charge in [-0.05, 0) is 69.5 Å². The zero-order valence-corrected chi connectivity index (χ0v) is 18.4. The molecule has 3 aromatic rings. The van der Waals surface area contributed by atoms with E-state index in [-0.39, 0.29) is 29.2 Å². The second-order valence-electron chi connectivity index (χ2n) is 7.23. The molecule has 0 saturated carbocycles. The molecule has 0 fully saturated rings. The topological polar surface area (TPSA) is 78.1 Å². The fraction of sp³-hybridized carbons (Fsp3) is 0.320. The van der Waals surface area contributed by atoms with E-state index in [1.807, 2.05) is 13.8 Å². The molecule has 6 heteroatoms. The van der Waals surface area contributed by atoms with Crippen LogP contribution in [0.2, 0.25) is 0 Å². The molecule has 0 spiro atoms. The number of phenols is 1. The van der Waals surface area contributed by atoms with E-state index in [9.17, 15) is 9.90 Å². The largest absolute Gasteiger partial charge is 0.504 e. The summed E-state index contributed by atoms with van der Waals surface area (Å²) in [6.07, 6.45) is 1.30. The first-order chi connectivity index (χ1) is 14.9. The van der Waals surface area contributed by atoms with Crippen LogP contribution in [0.5, 0.6) is 23.0 Å². The minimum atomic E-state index is -0.440. The summed E-state index contributed by atoms with van der Waals surface area (Å²) in [5, 5.41) is 10.9. The van der Waals surface area contributed by atoms with Crippen molar-refractivity contribution in [3.8, 4) is 34.3 Å². The zero-order valence-electron chi connectivity index (χ0n) is 18.4. The maximum atomic E-state index is 13.5. The monoisotopic (exact) mass is 424 g/mol. The summed E-state index contributed by atoms with van der Waals surface area (Å²) < 4.78 is 22.7. The minimum Gasteiger partial charge on any atom is -0.504 e. The Morgan fingerprint density at radius 1 is 1.13 bits per heavy atom. The van der Waals surface area contributed by atoms with Crippen LogP contribution in [0.1, 0.15) is 32.8 Å². The van der Waals surface area contributed by atoms with Gasteiger partial charge in [0.1, 0.15) is 16.7 Å². The van der Waals surface area contributed by atoms with Crippen molar-refractivity contribution in [1.29, 1.82) is 0 Å². The lowest BCUT2D eigenvalue weighted by atomic mass is 10.0. The SMILES string of the molecule is C=C(C)CCc1cc(OCC)c(O)c2c(=O)c(OCC)c(-c3ccc(OC)cc3)oc12. The summed E-state index contributed by atoms with van der Waals surface area (Å²) in [6, 6.07) is 8.89. The van der Waals surface area contributed by atoms with E-state index >= 15 is 0 Å². The van der Waals surface area contributed by atoms with Gasteiger partial charge in [0.05, 0.1) is 20.3 Å². The smallest absolute Gasteiger partial charge is 0.239 e. The molecule has 164 valence electrons. The maximum absolute atomic E-state index is 13.5. The molecule has 6 nitrogen and oxygen atoms in total. The molecular formula is C25H28O6. The Morgan fingerprint density at radius 3 is 2.39 bits per heavy atom. The number of hydrogen-bond donors (Lipinski definition) is 1. The number of aromatic hydroxyl groups is 1. The molecule has 31 heavy (non-hydrogen) atoms. The van der Waals surface area contributed by atoms with E-state index < -0.39 is 5.43 Å². The molecule has 1 heterocycles. The predicted molar refractivity (Wildman–Crippen MR) is 122 cm³/mol. The molecule has 3 rings (SSSR count). The summed E-state index contributed by atoms with van der Waals surface area (Å²) in [5.41, 5.74) is 2.31. The summed E-state index contributed by atoms with van der Waals surface area (Å²) in [7, 11) is 1.59. The third-order valence-corrected chi connectivity index (χ3v) is 4.90. The number of hydrogen-bond acceptors (Lipinski definition) is 6. The van der Waals surface area contributed by atoms with Gasteiger partial charge in [0.25, 0.3) is 0 Å². The number of ether oxygens (including phenoxy) is 3. The van der Waals surface area contributed by atoms with Gasteiger partial charge < -0.3 is 23.7 Å². The van der Waals surface area contributed by atoms with E-state index in [2.05, 4.69) is 6.58 Å². The first-order valence-corrected chi connectivity index (χ1v) is 10.3. The zero-order chi connectivity index (χ0) is 22.5. The third-order valence-electron chi connectivity index (χ3n) is 4.90. The fourth-order valence-electron chi connectivity index (χ4n) is 3.38. The Hall–Kier alpha value is -3.41. The lowest BCUT2D eigenvalue weighted by Crippen LogP contribution is -2.11. The number of rotatable bonds is 9. The van der Waals surface area contributed by atoms with Crippen LogP contribution in [-0.2, 0) is 6.42 Å². The molecule has 0 bridgehead atoms. The van der Waals surface area contributed by atoms with Crippen molar-refractivity contribution < 1.29 is 23.7 Å². The molecule has 1 N–H and O–H groups in total. The van der Waals surface area contributed by atoms with Crippen LogP contribution >= 0.6 is 0 Å². The average Bonchev–Trinajstić information content (AvgIpc) is 2.76. The van der Waals surface area contributed by atoms with Crippen molar-refractivity contribution in [2.75, 3.05) is 20.3 Å². The van der Waals surface area contributed by atoms with Gasteiger partial charge in [-0.3, -0.25) is 4.79 Å². The first-order valence-electron chi connectivity index (χ1n) is 10.3. The highest BCUT2D eigenvalue weighted by Crippen LogP contribution is 2.40. The van der Waals surface area contributed by atoms with Crippen LogP contribution < -0.4 is 19.6 Å². The molecule has 0 atom stereocenters. The van der Waals surface area contributed by atoms with Gasteiger partial charge in [0.2, 0.25) is 11.2 Å². The third kappa shape index (κ3) is 4.53. The highest BCUT2D eigenvalue weighted by Gasteiger charge is 2.24. The number of methoxy groups -OCH3 is 1. The van der Waals surface area contributed by atoms with Gasteiger partial charge in [-0.15, -0.1) is 6.58 Å². The summed E-state index contributed by atoms with van der Waals surface area (Å²) in [4.78, 5) is 13.5. The Morgan fingerprint density at radius 2 is 1.81 bits per heavy atom. The van der Waals surface area contributed by atoms with Gasteiger partial charge in [-0.2, -0.15) is 0 Å². The average molecular weight is 424 g/mol. The van der Waals surface area contributed by atoms with Gasteiger partial charge >= 0.3 is 0 Å². The van der Waals surface area contributed by atoms with Gasteiger partial charge in [-0.25, -0.2) is 0 Å². The van der Waals surface area contributed by atoms with E-state index in [1.165, 1.54) is 0 Å². The normalized spacial score (nSPS) is 10.8. The van der Waals surface area contributed by atoms with E-state index in [1.54, 1.807) is 44.4 Å². The van der Waals surface area contributed by atoms with Crippen LogP contribution in [0, 0.1) is 0 Å². The molecule has 1 aromatic heterocycles. The second-order valence-corrected chi connectivity index (χ2v) is 7.23. The fourth-order valence-corrected chi connectivity index (χ4v) is 3.38. The van der Waals surface area contributed by atoms with Crippen LogP contribution in [0.25, 0.3) is 22.3 Å². The van der Waals surface area contributed by atoms with Gasteiger partial charge in [0, 0.05) is 5.56 Å². The number of benzene rings is 2. The van der Waals surface area contributed by atoms with E-state index in [0.717, 1.165) is 11.1 Å². The molecular weight excluding hydrogens is 396 g/mol. The molecule has 0 aliphatic rings. The maximum Gasteiger partial charge on any atom is 0.239 e. The van der Waals surface area contributed by atoms with Crippen molar-refractivity contribution in [2.45, 2.75) is 33.6 Å². The quantitative estimate of drug-likeness (QED) is 0.458. The van der Waals surface area contributed by atoms with Crippen LogP contribution in [-0.4, -0.2) is 25.4 Å². The minimum absolute atomic E-state index is 0.0509. The standard InChI is InChI=1S/C25H28O6/c1-6-29-19-14-17(9-8-15(3)4)23-20(21(19)26)22(27)25(30-7-2)24(31-23)16-10-12-18(28-5)13-11-16/h10-14,26H,3,6-9H2,1-2,4-5H3.